The normalized spacial score (nSPS) is 10.2. The van der Waals surface area contributed by atoms with Crippen molar-refractivity contribution in [1.82, 2.24) is 5.43 Å². The summed E-state index contributed by atoms with van der Waals surface area (Å²) >= 11 is 0. The van der Waals surface area contributed by atoms with Gasteiger partial charge in [0.25, 0.3) is 0 Å². The molecular formula is C10H7N3O3. The standard InChI is InChI=1S/C10H7N3O3/c11-10(16)13-12-7-8(14)5-3-1-2-4-6(5)9(7)15/h1-4H,(H3,11,13,16). The van der Waals surface area contributed by atoms with Gasteiger partial charge in [0.15, 0.2) is 5.36 Å². The van der Waals surface area contributed by atoms with Crippen molar-refractivity contribution in [2.75, 3.05) is 0 Å². The Morgan fingerprint density at radius 1 is 1.12 bits per heavy atom. The maximum atomic E-state index is 11.7. The van der Waals surface area contributed by atoms with Crippen LogP contribution in [0.5, 0.6) is 0 Å². The molecule has 2 aromatic rings. The topological polar surface area (TPSA) is 102 Å². The van der Waals surface area contributed by atoms with Crippen LogP contribution in [0.15, 0.2) is 39.0 Å². The van der Waals surface area contributed by atoms with Crippen LogP contribution in [0, 0.1) is 0 Å². The molecule has 0 heterocycles. The molecule has 0 saturated heterocycles. The molecule has 6 nitrogen and oxygen atoms in total. The summed E-state index contributed by atoms with van der Waals surface area (Å²) in [4.78, 5) is 33.8. The fraction of sp³-hybridized carbons (Fsp3) is 0. The lowest BCUT2D eigenvalue weighted by Crippen LogP contribution is -2.37. The van der Waals surface area contributed by atoms with Crippen LogP contribution in [0.3, 0.4) is 0 Å². The summed E-state index contributed by atoms with van der Waals surface area (Å²) in [5, 5.41) is 3.65. The second-order valence-electron chi connectivity index (χ2n) is 3.14. The minimum Gasteiger partial charge on any atom is -0.350 e. The van der Waals surface area contributed by atoms with Crippen LogP contribution in [0.25, 0.3) is 10.8 Å². The van der Waals surface area contributed by atoms with Crippen molar-refractivity contribution in [3.63, 3.8) is 0 Å². The van der Waals surface area contributed by atoms with Gasteiger partial charge in [0.05, 0.1) is 0 Å². The first-order valence-corrected chi connectivity index (χ1v) is 4.43. The SMILES string of the molecule is NC(=O)NN=c1c(=O)c2ccccc2c1=O. The fourth-order valence-electron chi connectivity index (χ4n) is 1.45. The Labute approximate surface area is 88.7 Å². The van der Waals surface area contributed by atoms with Crippen LogP contribution in [-0.2, 0) is 0 Å². The third kappa shape index (κ3) is 1.46. The summed E-state index contributed by atoms with van der Waals surface area (Å²) in [5.41, 5.74) is 5.64. The molecule has 0 aliphatic heterocycles. The Morgan fingerprint density at radius 2 is 1.62 bits per heavy atom. The Morgan fingerprint density at radius 3 is 2.06 bits per heavy atom. The molecule has 0 unspecified atom stereocenters. The molecule has 0 radical (unpaired) electrons. The number of benzene rings is 1. The molecule has 0 aliphatic carbocycles. The van der Waals surface area contributed by atoms with E-state index >= 15 is 0 Å². The monoisotopic (exact) mass is 217 g/mol. The second-order valence-corrected chi connectivity index (χ2v) is 3.14. The van der Waals surface area contributed by atoms with E-state index in [4.69, 9.17) is 5.73 Å². The second kappa shape index (κ2) is 3.58. The Hall–Kier alpha value is -2.50. The first kappa shape index (κ1) is 10.0. The first-order valence-electron chi connectivity index (χ1n) is 4.43. The number of rotatable bonds is 1. The molecule has 0 atom stereocenters. The summed E-state index contributed by atoms with van der Waals surface area (Å²) in [6, 6.07) is 5.43. The zero-order valence-electron chi connectivity index (χ0n) is 8.06. The minimum absolute atomic E-state index is 0.289. The van der Waals surface area contributed by atoms with E-state index in [1.165, 1.54) is 12.1 Å². The quantitative estimate of drug-likeness (QED) is 0.594. The maximum absolute atomic E-state index is 11.7. The van der Waals surface area contributed by atoms with Gasteiger partial charge in [-0.3, -0.25) is 9.59 Å². The fourth-order valence-corrected chi connectivity index (χ4v) is 1.45. The van der Waals surface area contributed by atoms with E-state index in [0.29, 0.717) is 0 Å². The van der Waals surface area contributed by atoms with Gasteiger partial charge in [0.2, 0.25) is 10.9 Å². The van der Waals surface area contributed by atoms with Gasteiger partial charge in [-0.25, -0.2) is 10.2 Å². The molecule has 6 heteroatoms. The zero-order chi connectivity index (χ0) is 11.7. The van der Waals surface area contributed by atoms with Crippen molar-refractivity contribution in [3.8, 4) is 0 Å². The molecule has 0 bridgehead atoms. The molecule has 2 rings (SSSR count). The van der Waals surface area contributed by atoms with Crippen molar-refractivity contribution in [2.45, 2.75) is 0 Å². The Bertz CT molecular complexity index is 661. The highest BCUT2D eigenvalue weighted by Gasteiger charge is 2.09. The highest BCUT2D eigenvalue weighted by molar-refractivity contribution is 5.83. The van der Waals surface area contributed by atoms with Gasteiger partial charge in [0.1, 0.15) is 0 Å². The van der Waals surface area contributed by atoms with Crippen LogP contribution in [0.4, 0.5) is 4.79 Å². The van der Waals surface area contributed by atoms with Crippen LogP contribution >= 0.6 is 0 Å². The largest absolute Gasteiger partial charge is 0.350 e. The number of amides is 2. The summed E-state index contributed by atoms with van der Waals surface area (Å²) in [6.07, 6.45) is 0. The highest BCUT2D eigenvalue weighted by atomic mass is 16.2. The lowest BCUT2D eigenvalue weighted by Gasteiger charge is -1.85. The van der Waals surface area contributed by atoms with Gasteiger partial charge in [0, 0.05) is 10.8 Å². The number of nitrogens with zero attached hydrogens (tertiary/aromatic N) is 1. The van der Waals surface area contributed by atoms with E-state index in [-0.39, 0.29) is 16.1 Å². The molecule has 80 valence electrons. The van der Waals surface area contributed by atoms with Crippen LogP contribution in [-0.4, -0.2) is 6.03 Å². The van der Waals surface area contributed by atoms with Crippen LogP contribution in [0.1, 0.15) is 0 Å². The molecule has 0 fully saturated rings. The van der Waals surface area contributed by atoms with Gasteiger partial charge in [-0.2, -0.15) is 5.10 Å². The minimum atomic E-state index is -0.927. The number of primary amides is 1. The number of nitrogens with two attached hydrogens (primary N) is 1. The Kier molecular flexibility index (Phi) is 2.24. The van der Waals surface area contributed by atoms with E-state index in [2.05, 4.69) is 5.10 Å². The number of fused-ring (bicyclic) bond motifs is 1. The molecule has 2 aromatic carbocycles. The highest BCUT2D eigenvalue weighted by Crippen LogP contribution is 2.01. The molecule has 0 spiro atoms. The molecule has 0 saturated carbocycles. The smallest absolute Gasteiger partial charge is 0.332 e. The molecule has 0 aromatic heterocycles. The maximum Gasteiger partial charge on any atom is 0.332 e. The summed E-state index contributed by atoms with van der Waals surface area (Å²) in [7, 11) is 0. The molecular weight excluding hydrogens is 210 g/mol. The molecule has 0 aliphatic rings. The Balaban J connectivity index is 2.82. The third-order valence-electron chi connectivity index (χ3n) is 2.12. The van der Waals surface area contributed by atoms with Crippen molar-refractivity contribution in [1.29, 1.82) is 0 Å². The van der Waals surface area contributed by atoms with E-state index in [0.717, 1.165) is 0 Å². The van der Waals surface area contributed by atoms with Gasteiger partial charge >= 0.3 is 6.03 Å². The van der Waals surface area contributed by atoms with E-state index in [1.54, 1.807) is 12.1 Å². The van der Waals surface area contributed by atoms with E-state index in [1.807, 2.05) is 5.43 Å². The third-order valence-corrected chi connectivity index (χ3v) is 2.12. The lowest BCUT2D eigenvalue weighted by atomic mass is 10.2. The lowest BCUT2D eigenvalue weighted by molar-refractivity contribution is 0.249. The molecule has 2 amide bonds. The summed E-state index contributed by atoms with van der Waals surface area (Å²) in [6.45, 7) is 0. The van der Waals surface area contributed by atoms with E-state index < -0.39 is 16.9 Å². The number of hydrogen-bond donors (Lipinski definition) is 2. The average Bonchev–Trinajstić information content (AvgIpc) is 2.50. The number of urea groups is 1. The van der Waals surface area contributed by atoms with Gasteiger partial charge in [-0.05, 0) is 0 Å². The van der Waals surface area contributed by atoms with Crippen LogP contribution in [0.2, 0.25) is 0 Å². The first-order chi connectivity index (χ1) is 7.61. The van der Waals surface area contributed by atoms with Crippen molar-refractivity contribution in [3.05, 3.63) is 50.1 Å². The summed E-state index contributed by atoms with van der Waals surface area (Å²) < 4.78 is 0. The predicted octanol–water partition coefficient (Wildman–Crippen LogP) is -1.08. The molecule has 16 heavy (non-hydrogen) atoms. The van der Waals surface area contributed by atoms with Crippen LogP contribution < -0.4 is 27.4 Å². The van der Waals surface area contributed by atoms with Crippen molar-refractivity contribution in [2.24, 2.45) is 10.8 Å². The molecule has 3 N–H and O–H groups in total. The number of carbonyl (C=O) groups excluding carboxylic acids is 1. The van der Waals surface area contributed by atoms with Gasteiger partial charge in [-0.15, -0.1) is 0 Å². The number of hydrogen-bond acceptors (Lipinski definition) is 4. The predicted molar refractivity (Wildman–Crippen MR) is 57.1 cm³/mol. The number of carbonyl (C=O) groups is 1. The van der Waals surface area contributed by atoms with Gasteiger partial charge < -0.3 is 5.73 Å². The average molecular weight is 217 g/mol. The van der Waals surface area contributed by atoms with Gasteiger partial charge in [-0.1, -0.05) is 24.3 Å². The van der Waals surface area contributed by atoms with E-state index in [9.17, 15) is 14.4 Å². The number of nitrogens with one attached hydrogen (secondary N) is 1. The van der Waals surface area contributed by atoms with Crippen molar-refractivity contribution < 1.29 is 4.79 Å². The summed E-state index contributed by atoms with van der Waals surface area (Å²) in [5.74, 6) is 0. The zero-order valence-corrected chi connectivity index (χ0v) is 8.06. The van der Waals surface area contributed by atoms with Crippen molar-refractivity contribution >= 4 is 16.8 Å².